The van der Waals surface area contributed by atoms with Gasteiger partial charge in [0.2, 0.25) is 0 Å². The lowest BCUT2D eigenvalue weighted by Crippen LogP contribution is -2.56. The van der Waals surface area contributed by atoms with E-state index in [1.165, 1.54) is 0 Å². The largest absolute Gasteiger partial charge is 0.386 e. The van der Waals surface area contributed by atoms with Gasteiger partial charge in [0.15, 0.2) is 5.78 Å². The van der Waals surface area contributed by atoms with E-state index in [1.807, 2.05) is 6.92 Å². The fourth-order valence-electron chi connectivity index (χ4n) is 7.27. The molecule has 3 saturated carbocycles. The summed E-state index contributed by atoms with van der Waals surface area (Å²) in [5, 5.41) is 22.3. The van der Waals surface area contributed by atoms with Crippen molar-refractivity contribution in [3.8, 4) is 12.3 Å². The van der Waals surface area contributed by atoms with E-state index in [1.54, 1.807) is 6.08 Å². The molecule has 4 rings (SSSR count). The smallest absolute Gasteiger partial charge is 0.155 e. The summed E-state index contributed by atoms with van der Waals surface area (Å²) in [7, 11) is 0. The van der Waals surface area contributed by atoms with Crippen molar-refractivity contribution >= 4 is 5.78 Å². The van der Waals surface area contributed by atoms with Gasteiger partial charge in [-0.05, 0) is 87.2 Å². The van der Waals surface area contributed by atoms with Gasteiger partial charge in [0.1, 0.15) is 5.60 Å². The lowest BCUT2D eigenvalue weighted by Gasteiger charge is -2.58. The molecule has 3 heteroatoms. The first-order chi connectivity index (χ1) is 11.8. The van der Waals surface area contributed by atoms with Crippen molar-refractivity contribution in [2.45, 2.75) is 76.4 Å². The number of terminal acetylenes is 1. The van der Waals surface area contributed by atoms with Crippen LogP contribution in [0.1, 0.15) is 65.2 Å². The highest BCUT2D eigenvalue weighted by Gasteiger charge is 2.65. The van der Waals surface area contributed by atoms with E-state index >= 15 is 0 Å². The highest BCUT2D eigenvalue weighted by atomic mass is 16.3. The number of ketones is 1. The predicted molar refractivity (Wildman–Crippen MR) is 96.5 cm³/mol. The fourth-order valence-corrected chi connectivity index (χ4v) is 7.27. The van der Waals surface area contributed by atoms with Crippen molar-refractivity contribution in [1.29, 1.82) is 0 Å². The Labute approximate surface area is 150 Å². The van der Waals surface area contributed by atoms with Gasteiger partial charge in [-0.15, -0.1) is 6.42 Å². The standard InChI is InChI=1S/C22H30O3/c1-4-21-10-8-15-16-7-6-14(23)12-19(16)20(3,24)13-17(15)18(21)9-11-22(21,25)5-2/h2,12,15-18,24-25H,4,6-11,13H2,1,3H3/t15-,16-,17-,18+,20+,21+,22+/m1/s1. The van der Waals surface area contributed by atoms with E-state index in [-0.39, 0.29) is 11.2 Å². The molecule has 7 atom stereocenters. The summed E-state index contributed by atoms with van der Waals surface area (Å²) in [5.41, 5.74) is -1.14. The molecular formula is C22H30O3. The second-order valence-electron chi connectivity index (χ2n) is 9.21. The van der Waals surface area contributed by atoms with Gasteiger partial charge in [-0.3, -0.25) is 4.79 Å². The first-order valence-electron chi connectivity index (χ1n) is 9.95. The molecule has 2 N–H and O–H groups in total. The zero-order valence-electron chi connectivity index (χ0n) is 15.4. The van der Waals surface area contributed by atoms with Crippen molar-refractivity contribution in [3.63, 3.8) is 0 Å². The molecular weight excluding hydrogens is 312 g/mol. The summed E-state index contributed by atoms with van der Waals surface area (Å²) in [6, 6.07) is 0. The average molecular weight is 342 g/mol. The quantitative estimate of drug-likeness (QED) is 0.719. The highest BCUT2D eigenvalue weighted by Crippen LogP contribution is 2.67. The van der Waals surface area contributed by atoms with Gasteiger partial charge in [0.05, 0.1) is 5.60 Å². The third-order valence-electron chi connectivity index (χ3n) is 8.40. The Hall–Kier alpha value is -1.11. The number of hydrogen-bond acceptors (Lipinski definition) is 3. The van der Waals surface area contributed by atoms with Gasteiger partial charge < -0.3 is 10.2 Å². The molecule has 0 saturated heterocycles. The second-order valence-corrected chi connectivity index (χ2v) is 9.21. The van der Waals surface area contributed by atoms with E-state index in [0.717, 1.165) is 37.7 Å². The van der Waals surface area contributed by atoms with Crippen LogP contribution >= 0.6 is 0 Å². The first kappa shape index (κ1) is 17.3. The molecule has 0 unspecified atom stereocenters. The van der Waals surface area contributed by atoms with Crippen LogP contribution in [0.2, 0.25) is 0 Å². The molecule has 4 aliphatic rings. The molecule has 0 amide bonds. The molecule has 0 heterocycles. The normalized spacial score (nSPS) is 51.8. The van der Waals surface area contributed by atoms with Gasteiger partial charge in [-0.1, -0.05) is 12.8 Å². The van der Waals surface area contributed by atoms with Gasteiger partial charge in [-0.25, -0.2) is 0 Å². The van der Waals surface area contributed by atoms with Crippen LogP contribution in [0.4, 0.5) is 0 Å². The number of hydrogen-bond donors (Lipinski definition) is 2. The van der Waals surface area contributed by atoms with E-state index < -0.39 is 11.2 Å². The van der Waals surface area contributed by atoms with Crippen molar-refractivity contribution in [2.24, 2.45) is 29.1 Å². The molecule has 136 valence electrons. The number of fused-ring (bicyclic) bond motifs is 5. The average Bonchev–Trinajstić information content (AvgIpc) is 2.89. The molecule has 0 aromatic rings. The second kappa shape index (κ2) is 5.44. The van der Waals surface area contributed by atoms with Gasteiger partial charge in [-0.2, -0.15) is 0 Å². The van der Waals surface area contributed by atoms with Crippen molar-refractivity contribution in [3.05, 3.63) is 11.6 Å². The highest BCUT2D eigenvalue weighted by molar-refractivity contribution is 5.91. The van der Waals surface area contributed by atoms with Crippen LogP contribution in [0.15, 0.2) is 11.6 Å². The minimum atomic E-state index is -0.998. The summed E-state index contributed by atoms with van der Waals surface area (Å²) in [6.45, 7) is 4.04. The van der Waals surface area contributed by atoms with Crippen molar-refractivity contribution < 1.29 is 15.0 Å². The van der Waals surface area contributed by atoms with Gasteiger partial charge in [0.25, 0.3) is 0 Å². The fraction of sp³-hybridized carbons (Fsp3) is 0.773. The molecule has 0 radical (unpaired) electrons. The number of aliphatic hydroxyl groups is 2. The Morgan fingerprint density at radius 1 is 1.24 bits per heavy atom. The van der Waals surface area contributed by atoms with Crippen LogP contribution in [-0.4, -0.2) is 27.2 Å². The third-order valence-corrected chi connectivity index (χ3v) is 8.40. The Bertz CT molecular complexity index is 669. The maximum atomic E-state index is 11.9. The van der Waals surface area contributed by atoms with Crippen molar-refractivity contribution in [1.82, 2.24) is 0 Å². The topological polar surface area (TPSA) is 57.5 Å². The van der Waals surface area contributed by atoms with E-state index in [9.17, 15) is 15.0 Å². The van der Waals surface area contributed by atoms with Gasteiger partial charge >= 0.3 is 0 Å². The minimum Gasteiger partial charge on any atom is -0.386 e. The summed E-state index contributed by atoms with van der Waals surface area (Å²) in [5.74, 6) is 4.51. The van der Waals surface area contributed by atoms with E-state index in [2.05, 4.69) is 12.8 Å². The monoisotopic (exact) mass is 342 g/mol. The van der Waals surface area contributed by atoms with Crippen LogP contribution in [0.25, 0.3) is 0 Å². The summed E-state index contributed by atoms with van der Waals surface area (Å²) in [4.78, 5) is 11.9. The number of carbonyl (C=O) groups is 1. The molecule has 0 bridgehead atoms. The summed E-state index contributed by atoms with van der Waals surface area (Å²) >= 11 is 0. The molecule has 0 aromatic carbocycles. The zero-order valence-corrected chi connectivity index (χ0v) is 15.4. The van der Waals surface area contributed by atoms with Crippen LogP contribution in [-0.2, 0) is 4.79 Å². The Morgan fingerprint density at radius 2 is 2.00 bits per heavy atom. The maximum absolute atomic E-state index is 11.9. The molecule has 0 aliphatic heterocycles. The number of rotatable bonds is 1. The Kier molecular flexibility index (Phi) is 3.77. The number of carbonyl (C=O) groups excluding carboxylic acids is 1. The van der Waals surface area contributed by atoms with E-state index in [0.29, 0.717) is 42.9 Å². The Balaban J connectivity index is 1.75. The zero-order chi connectivity index (χ0) is 18.0. The predicted octanol–water partition coefficient (Wildman–Crippen LogP) is 3.24. The lowest BCUT2D eigenvalue weighted by molar-refractivity contribution is -0.127. The minimum absolute atomic E-state index is 0.159. The van der Waals surface area contributed by atoms with Crippen molar-refractivity contribution in [2.75, 3.05) is 0 Å². The Morgan fingerprint density at radius 3 is 2.68 bits per heavy atom. The molecule has 3 fully saturated rings. The summed E-state index contributed by atoms with van der Waals surface area (Å²) in [6.07, 6.45) is 14.2. The van der Waals surface area contributed by atoms with Crippen LogP contribution < -0.4 is 0 Å². The van der Waals surface area contributed by atoms with Crippen LogP contribution in [0.5, 0.6) is 0 Å². The van der Waals surface area contributed by atoms with E-state index in [4.69, 9.17) is 6.42 Å². The molecule has 25 heavy (non-hydrogen) atoms. The lowest BCUT2D eigenvalue weighted by atomic mass is 9.47. The molecule has 0 spiro atoms. The third kappa shape index (κ3) is 2.17. The molecule has 3 nitrogen and oxygen atoms in total. The maximum Gasteiger partial charge on any atom is 0.155 e. The summed E-state index contributed by atoms with van der Waals surface area (Å²) < 4.78 is 0. The molecule has 4 aliphatic carbocycles. The first-order valence-corrected chi connectivity index (χ1v) is 9.95. The molecule has 0 aromatic heterocycles. The van der Waals surface area contributed by atoms with Gasteiger partial charge in [0, 0.05) is 11.8 Å². The SMILES string of the molecule is C#C[C@]1(O)CC[C@H]2[C@@H]3C[C@](C)(O)C4=CC(=O)CC[C@@H]4[C@H]3CC[C@@]21CC. The van der Waals surface area contributed by atoms with Crippen LogP contribution in [0, 0.1) is 41.4 Å². The van der Waals surface area contributed by atoms with Crippen LogP contribution in [0.3, 0.4) is 0 Å².